The van der Waals surface area contributed by atoms with Crippen molar-refractivity contribution in [3.05, 3.63) is 20.9 Å². The largest absolute Gasteiger partial charge is 0.481 e. The molecule has 1 aromatic heterocycles. The molecule has 0 radical (unpaired) electrons. The van der Waals surface area contributed by atoms with Crippen LogP contribution in [-0.4, -0.2) is 12.1 Å². The second kappa shape index (κ2) is 5.20. The van der Waals surface area contributed by atoms with Crippen LogP contribution in [0.25, 0.3) is 0 Å². The van der Waals surface area contributed by atoms with Crippen molar-refractivity contribution in [2.75, 3.05) is 7.11 Å². The van der Waals surface area contributed by atoms with Crippen LogP contribution in [0.1, 0.15) is 17.7 Å². The highest BCUT2D eigenvalue weighted by molar-refractivity contribution is 14.1. The van der Waals surface area contributed by atoms with Gasteiger partial charge in [0, 0.05) is 15.0 Å². The smallest absolute Gasteiger partial charge is 0.281 e. The van der Waals surface area contributed by atoms with Gasteiger partial charge in [-0.15, -0.1) is 0 Å². The predicted octanol–water partition coefficient (Wildman–Crippen LogP) is 3.53. The summed E-state index contributed by atoms with van der Waals surface area (Å²) in [4.78, 5) is 3.70. The fourth-order valence-electron chi connectivity index (χ4n) is 0.923. The van der Waals surface area contributed by atoms with Crippen molar-refractivity contribution in [1.82, 2.24) is 4.98 Å². The average molecular weight is 378 g/mol. The quantitative estimate of drug-likeness (QED) is 0.594. The first kappa shape index (κ1) is 12.1. The molecule has 0 aromatic carbocycles. The Labute approximate surface area is 102 Å². The summed E-state index contributed by atoms with van der Waals surface area (Å²) < 4.78 is 30.4. The summed E-state index contributed by atoms with van der Waals surface area (Å²) in [6.07, 6.45) is -2.57. The summed E-state index contributed by atoms with van der Waals surface area (Å²) in [6, 6.07) is 1.64. The number of pyridine rings is 1. The second-order valence-corrected chi connectivity index (χ2v) is 4.10. The molecular formula is C8H7BrF2INO. The number of rotatable bonds is 3. The van der Waals surface area contributed by atoms with E-state index < -0.39 is 6.43 Å². The Morgan fingerprint density at radius 3 is 2.71 bits per heavy atom. The zero-order chi connectivity index (χ0) is 10.7. The lowest BCUT2D eigenvalue weighted by molar-refractivity contribution is 0.144. The second-order valence-electron chi connectivity index (χ2n) is 2.46. The Kier molecular flexibility index (Phi) is 4.49. The lowest BCUT2D eigenvalue weighted by Crippen LogP contribution is -2.01. The molecule has 2 nitrogen and oxygen atoms in total. The summed E-state index contributed by atoms with van der Waals surface area (Å²) in [7, 11) is 1.41. The average Bonchev–Trinajstić information content (AvgIpc) is 2.17. The Morgan fingerprint density at radius 1 is 1.64 bits per heavy atom. The van der Waals surface area contributed by atoms with Crippen LogP contribution >= 0.6 is 38.5 Å². The number of methoxy groups -OCH3 is 1. The van der Waals surface area contributed by atoms with E-state index in [4.69, 9.17) is 4.74 Å². The molecule has 0 unspecified atom stereocenters. The lowest BCUT2D eigenvalue weighted by atomic mass is 10.2. The highest BCUT2D eigenvalue weighted by Crippen LogP contribution is 2.29. The lowest BCUT2D eigenvalue weighted by Gasteiger charge is -2.09. The van der Waals surface area contributed by atoms with Gasteiger partial charge in [-0.1, -0.05) is 15.9 Å². The first-order chi connectivity index (χ1) is 6.60. The molecule has 0 saturated heterocycles. The molecule has 0 aliphatic heterocycles. The third-order valence-electron chi connectivity index (χ3n) is 1.59. The fraction of sp³-hybridized carbons (Fsp3) is 0.375. The number of nitrogens with zero attached hydrogens (tertiary/aromatic N) is 1. The van der Waals surface area contributed by atoms with Gasteiger partial charge in [0.1, 0.15) is 5.69 Å². The monoisotopic (exact) mass is 377 g/mol. The van der Waals surface area contributed by atoms with Crippen molar-refractivity contribution in [3.63, 3.8) is 0 Å². The number of hydrogen-bond acceptors (Lipinski definition) is 2. The molecule has 78 valence electrons. The fourth-order valence-corrected chi connectivity index (χ4v) is 2.59. The van der Waals surface area contributed by atoms with Crippen LogP contribution in [0, 0.1) is 3.57 Å². The third-order valence-corrected chi connectivity index (χ3v) is 3.44. The van der Waals surface area contributed by atoms with Gasteiger partial charge in [0.2, 0.25) is 5.88 Å². The first-order valence-corrected chi connectivity index (χ1v) is 5.87. The zero-order valence-electron chi connectivity index (χ0n) is 7.23. The SMILES string of the molecule is COc1cc(CBr)c(I)c(C(F)F)n1. The number of halogens is 4. The number of alkyl halides is 3. The number of hydrogen-bond donors (Lipinski definition) is 0. The van der Waals surface area contributed by atoms with E-state index >= 15 is 0 Å². The first-order valence-electron chi connectivity index (χ1n) is 3.67. The molecule has 0 amide bonds. The Bertz CT molecular complexity index is 335. The maximum absolute atomic E-state index is 12.5. The maximum Gasteiger partial charge on any atom is 0.281 e. The Hall–Kier alpha value is 0.0200. The van der Waals surface area contributed by atoms with Crippen molar-refractivity contribution >= 4 is 38.5 Å². The Balaban J connectivity index is 3.27. The summed E-state index contributed by atoms with van der Waals surface area (Å²) in [6.45, 7) is 0. The van der Waals surface area contributed by atoms with Gasteiger partial charge in [-0.3, -0.25) is 0 Å². The summed E-state index contributed by atoms with van der Waals surface area (Å²) in [5.74, 6) is 0.218. The van der Waals surface area contributed by atoms with E-state index in [-0.39, 0.29) is 11.6 Å². The molecule has 0 N–H and O–H groups in total. The molecule has 0 aliphatic rings. The van der Waals surface area contributed by atoms with Crippen LogP contribution < -0.4 is 4.74 Å². The van der Waals surface area contributed by atoms with E-state index in [1.165, 1.54) is 7.11 Å². The highest BCUT2D eigenvalue weighted by atomic mass is 127. The van der Waals surface area contributed by atoms with Crippen LogP contribution in [0.15, 0.2) is 6.07 Å². The van der Waals surface area contributed by atoms with Crippen molar-refractivity contribution in [1.29, 1.82) is 0 Å². The summed E-state index contributed by atoms with van der Waals surface area (Å²) in [5, 5.41) is 0.504. The van der Waals surface area contributed by atoms with E-state index in [9.17, 15) is 8.78 Å². The minimum Gasteiger partial charge on any atom is -0.481 e. The van der Waals surface area contributed by atoms with Gasteiger partial charge in [-0.25, -0.2) is 13.8 Å². The molecule has 1 aromatic rings. The molecule has 1 heterocycles. The summed E-state index contributed by atoms with van der Waals surface area (Å²) in [5.41, 5.74) is 0.534. The molecule has 1 rings (SSSR count). The number of ether oxygens (including phenoxy) is 1. The minimum atomic E-state index is -2.57. The van der Waals surface area contributed by atoms with Crippen molar-refractivity contribution in [2.24, 2.45) is 0 Å². The van der Waals surface area contributed by atoms with Gasteiger partial charge in [-0.05, 0) is 28.2 Å². The standard InChI is InChI=1S/C8H7BrF2INO/c1-14-5-2-4(3-9)6(12)7(13-5)8(10)11/h2,8H,3H2,1H3. The van der Waals surface area contributed by atoms with Crippen LogP contribution in [0.4, 0.5) is 8.78 Å². The Morgan fingerprint density at radius 2 is 2.29 bits per heavy atom. The van der Waals surface area contributed by atoms with Gasteiger partial charge in [0.15, 0.2) is 0 Å². The molecular weight excluding hydrogens is 371 g/mol. The van der Waals surface area contributed by atoms with Crippen LogP contribution in [0.3, 0.4) is 0 Å². The van der Waals surface area contributed by atoms with E-state index in [0.29, 0.717) is 8.90 Å². The third kappa shape index (κ3) is 2.53. The minimum absolute atomic E-state index is 0.218. The number of aromatic nitrogens is 1. The molecule has 0 aliphatic carbocycles. The maximum atomic E-state index is 12.5. The normalized spacial score (nSPS) is 10.7. The zero-order valence-corrected chi connectivity index (χ0v) is 11.0. The van der Waals surface area contributed by atoms with E-state index in [1.54, 1.807) is 6.07 Å². The summed E-state index contributed by atoms with van der Waals surface area (Å²) >= 11 is 5.08. The van der Waals surface area contributed by atoms with Gasteiger partial charge in [0.05, 0.1) is 7.11 Å². The molecule has 0 spiro atoms. The van der Waals surface area contributed by atoms with Crippen LogP contribution in [-0.2, 0) is 5.33 Å². The van der Waals surface area contributed by atoms with Crippen molar-refractivity contribution in [2.45, 2.75) is 11.8 Å². The van der Waals surface area contributed by atoms with E-state index in [2.05, 4.69) is 20.9 Å². The molecule has 0 fully saturated rings. The van der Waals surface area contributed by atoms with Crippen LogP contribution in [0.5, 0.6) is 5.88 Å². The van der Waals surface area contributed by atoms with Crippen molar-refractivity contribution < 1.29 is 13.5 Å². The van der Waals surface area contributed by atoms with E-state index in [0.717, 1.165) is 5.56 Å². The molecule has 14 heavy (non-hydrogen) atoms. The highest BCUT2D eigenvalue weighted by Gasteiger charge is 2.17. The molecule has 6 heteroatoms. The predicted molar refractivity (Wildman–Crippen MR) is 61.1 cm³/mol. The van der Waals surface area contributed by atoms with Crippen molar-refractivity contribution in [3.8, 4) is 5.88 Å². The van der Waals surface area contributed by atoms with Gasteiger partial charge in [-0.2, -0.15) is 0 Å². The van der Waals surface area contributed by atoms with Gasteiger partial charge >= 0.3 is 0 Å². The molecule has 0 bridgehead atoms. The van der Waals surface area contributed by atoms with Crippen LogP contribution in [0.2, 0.25) is 0 Å². The molecule has 0 atom stereocenters. The van der Waals surface area contributed by atoms with Gasteiger partial charge in [0.25, 0.3) is 6.43 Å². The molecule has 0 saturated carbocycles. The van der Waals surface area contributed by atoms with Gasteiger partial charge < -0.3 is 4.74 Å². The topological polar surface area (TPSA) is 22.1 Å². The van der Waals surface area contributed by atoms with E-state index in [1.807, 2.05) is 22.6 Å².